The van der Waals surface area contributed by atoms with E-state index in [-0.39, 0.29) is 17.1 Å². The third kappa shape index (κ3) is 3.68. The fourth-order valence-corrected chi connectivity index (χ4v) is 4.08. The second-order valence-electron chi connectivity index (χ2n) is 5.70. The van der Waals surface area contributed by atoms with Crippen LogP contribution in [-0.4, -0.2) is 54.0 Å². The molecule has 8 heteroatoms. The van der Waals surface area contributed by atoms with Crippen LogP contribution in [0.15, 0.2) is 17.2 Å². The predicted molar refractivity (Wildman–Crippen MR) is 82.0 cm³/mol. The van der Waals surface area contributed by atoms with Crippen molar-refractivity contribution in [2.45, 2.75) is 37.2 Å². The van der Waals surface area contributed by atoms with E-state index in [0.717, 1.165) is 19.3 Å². The fraction of sp³-hybridized carbons (Fsp3) is 0.643. The number of aliphatic hydroxyl groups excluding tert-OH is 1. The Bertz CT molecular complexity index is 631. The van der Waals surface area contributed by atoms with Gasteiger partial charge in [-0.15, -0.1) is 0 Å². The molecule has 1 atom stereocenters. The zero-order valence-corrected chi connectivity index (χ0v) is 13.8. The molecule has 0 spiro atoms. The molecule has 0 saturated carbocycles. The van der Waals surface area contributed by atoms with Crippen LogP contribution in [0.25, 0.3) is 0 Å². The summed E-state index contributed by atoms with van der Waals surface area (Å²) < 4.78 is 28.1. The highest BCUT2D eigenvalue weighted by Gasteiger charge is 2.28. The Kier molecular flexibility index (Phi) is 5.25. The van der Waals surface area contributed by atoms with Gasteiger partial charge in [0.25, 0.3) is 5.91 Å². The van der Waals surface area contributed by atoms with Crippen molar-refractivity contribution >= 4 is 15.9 Å². The lowest BCUT2D eigenvalue weighted by atomic mass is 10.2. The molecule has 1 aliphatic rings. The molecule has 1 fully saturated rings. The number of piperidine rings is 1. The van der Waals surface area contributed by atoms with Crippen LogP contribution in [0.5, 0.6) is 0 Å². The van der Waals surface area contributed by atoms with E-state index in [2.05, 4.69) is 5.32 Å². The molecule has 0 bridgehead atoms. The van der Waals surface area contributed by atoms with Gasteiger partial charge in [0.15, 0.2) is 0 Å². The minimum atomic E-state index is -3.55. The highest BCUT2D eigenvalue weighted by atomic mass is 32.2. The second kappa shape index (κ2) is 6.80. The van der Waals surface area contributed by atoms with Crippen LogP contribution in [0.1, 0.15) is 36.7 Å². The van der Waals surface area contributed by atoms with Gasteiger partial charge in [-0.2, -0.15) is 4.31 Å². The molecule has 1 unspecified atom stereocenters. The Morgan fingerprint density at radius 3 is 2.59 bits per heavy atom. The largest absolute Gasteiger partial charge is 0.392 e. The Labute approximate surface area is 131 Å². The highest BCUT2D eigenvalue weighted by Crippen LogP contribution is 2.22. The van der Waals surface area contributed by atoms with Crippen LogP contribution in [0.3, 0.4) is 0 Å². The zero-order chi connectivity index (χ0) is 16.3. The summed E-state index contributed by atoms with van der Waals surface area (Å²) in [6, 6.07) is 1.39. The van der Waals surface area contributed by atoms with Crippen LogP contribution in [-0.2, 0) is 17.1 Å². The summed E-state index contributed by atoms with van der Waals surface area (Å²) in [6.45, 7) is 2.75. The molecule has 1 aromatic heterocycles. The summed E-state index contributed by atoms with van der Waals surface area (Å²) >= 11 is 0. The lowest BCUT2D eigenvalue weighted by molar-refractivity contribution is 0.0916. The first kappa shape index (κ1) is 17.0. The van der Waals surface area contributed by atoms with Gasteiger partial charge in [-0.25, -0.2) is 8.42 Å². The van der Waals surface area contributed by atoms with Crippen molar-refractivity contribution in [3.05, 3.63) is 18.0 Å². The maximum absolute atomic E-state index is 12.6. The molecule has 2 N–H and O–H groups in total. The maximum Gasteiger partial charge on any atom is 0.268 e. The van der Waals surface area contributed by atoms with Crippen molar-refractivity contribution in [1.29, 1.82) is 0 Å². The molecule has 2 heterocycles. The van der Waals surface area contributed by atoms with Crippen molar-refractivity contribution in [2.24, 2.45) is 7.05 Å². The normalized spacial score (nSPS) is 18.1. The quantitative estimate of drug-likeness (QED) is 0.813. The number of nitrogens with zero attached hydrogens (tertiary/aromatic N) is 2. The van der Waals surface area contributed by atoms with Crippen LogP contribution in [0.4, 0.5) is 0 Å². The van der Waals surface area contributed by atoms with Gasteiger partial charge in [-0.1, -0.05) is 6.42 Å². The summed E-state index contributed by atoms with van der Waals surface area (Å²) in [5.41, 5.74) is 0.260. The summed E-state index contributed by atoms with van der Waals surface area (Å²) in [5.74, 6) is -0.400. The minimum absolute atomic E-state index is 0.123. The van der Waals surface area contributed by atoms with Crippen LogP contribution < -0.4 is 5.32 Å². The van der Waals surface area contributed by atoms with Crippen molar-refractivity contribution in [3.63, 3.8) is 0 Å². The topological polar surface area (TPSA) is 91.6 Å². The molecule has 7 nitrogen and oxygen atoms in total. The monoisotopic (exact) mass is 329 g/mol. The number of aryl methyl sites for hydroxylation is 1. The van der Waals surface area contributed by atoms with Crippen molar-refractivity contribution < 1.29 is 18.3 Å². The molecule has 0 aliphatic carbocycles. The van der Waals surface area contributed by atoms with E-state index in [9.17, 15) is 18.3 Å². The molecule has 1 aromatic rings. The Hall–Kier alpha value is -1.38. The van der Waals surface area contributed by atoms with Gasteiger partial charge in [-0.05, 0) is 25.8 Å². The standard InChI is InChI=1S/C14H23N3O4S/c1-11(18)9-15-14(19)13-8-12(10-16(13)2)22(20,21)17-6-4-3-5-7-17/h8,10-11,18H,3-7,9H2,1-2H3,(H,15,19). The Balaban J connectivity index is 2.19. The van der Waals surface area contributed by atoms with E-state index < -0.39 is 22.0 Å². The van der Waals surface area contributed by atoms with E-state index in [4.69, 9.17) is 0 Å². The first-order chi connectivity index (χ1) is 10.3. The van der Waals surface area contributed by atoms with E-state index in [1.165, 1.54) is 21.1 Å². The van der Waals surface area contributed by atoms with Crippen molar-refractivity contribution in [3.8, 4) is 0 Å². The van der Waals surface area contributed by atoms with Crippen LogP contribution >= 0.6 is 0 Å². The molecule has 1 saturated heterocycles. The lowest BCUT2D eigenvalue weighted by Gasteiger charge is -2.25. The summed E-state index contributed by atoms with van der Waals surface area (Å²) in [5, 5.41) is 11.8. The highest BCUT2D eigenvalue weighted by molar-refractivity contribution is 7.89. The predicted octanol–water partition coefficient (Wildman–Crippen LogP) is 0.310. The van der Waals surface area contributed by atoms with Gasteiger partial charge in [-0.3, -0.25) is 4.79 Å². The van der Waals surface area contributed by atoms with Crippen LogP contribution in [0.2, 0.25) is 0 Å². The fourth-order valence-electron chi connectivity index (χ4n) is 2.49. The van der Waals surface area contributed by atoms with Gasteiger partial charge in [0.2, 0.25) is 10.0 Å². The number of rotatable bonds is 5. The molecular weight excluding hydrogens is 306 g/mol. The number of amides is 1. The number of carbonyl (C=O) groups is 1. The first-order valence-corrected chi connectivity index (χ1v) is 8.89. The van der Waals surface area contributed by atoms with Gasteiger partial charge < -0.3 is 15.0 Å². The summed E-state index contributed by atoms with van der Waals surface area (Å²) in [4.78, 5) is 12.2. The van der Waals surface area contributed by atoms with E-state index in [1.54, 1.807) is 14.0 Å². The van der Waals surface area contributed by atoms with Crippen LogP contribution in [0, 0.1) is 0 Å². The maximum atomic E-state index is 12.6. The van der Waals surface area contributed by atoms with Crippen molar-refractivity contribution in [2.75, 3.05) is 19.6 Å². The minimum Gasteiger partial charge on any atom is -0.392 e. The SMILES string of the molecule is CC(O)CNC(=O)c1cc(S(=O)(=O)N2CCCCC2)cn1C. The van der Waals surface area contributed by atoms with Gasteiger partial charge in [0.1, 0.15) is 10.6 Å². The molecule has 0 aromatic carbocycles. The van der Waals surface area contributed by atoms with E-state index in [0.29, 0.717) is 13.1 Å². The number of aromatic nitrogens is 1. The van der Waals surface area contributed by atoms with Gasteiger partial charge in [0.05, 0.1) is 6.10 Å². The molecule has 1 amide bonds. The second-order valence-corrected chi connectivity index (χ2v) is 7.63. The molecule has 1 aliphatic heterocycles. The average Bonchev–Trinajstić information content (AvgIpc) is 2.88. The number of aliphatic hydroxyl groups is 1. The van der Waals surface area contributed by atoms with E-state index in [1.807, 2.05) is 0 Å². The summed E-state index contributed by atoms with van der Waals surface area (Å²) in [7, 11) is -1.91. The average molecular weight is 329 g/mol. The number of nitrogens with one attached hydrogen (secondary N) is 1. The Morgan fingerprint density at radius 1 is 1.36 bits per heavy atom. The first-order valence-electron chi connectivity index (χ1n) is 7.45. The molecule has 0 radical (unpaired) electrons. The Morgan fingerprint density at radius 2 is 2.00 bits per heavy atom. The molecule has 22 heavy (non-hydrogen) atoms. The lowest BCUT2D eigenvalue weighted by Crippen LogP contribution is -2.35. The zero-order valence-electron chi connectivity index (χ0n) is 12.9. The van der Waals surface area contributed by atoms with Gasteiger partial charge in [0, 0.05) is 32.9 Å². The third-order valence-corrected chi connectivity index (χ3v) is 5.59. The van der Waals surface area contributed by atoms with Gasteiger partial charge >= 0.3 is 0 Å². The third-order valence-electron chi connectivity index (χ3n) is 3.72. The number of hydrogen-bond acceptors (Lipinski definition) is 4. The summed E-state index contributed by atoms with van der Waals surface area (Å²) in [6.07, 6.45) is 3.59. The molecular formula is C14H23N3O4S. The number of carbonyl (C=O) groups excluding carboxylic acids is 1. The number of sulfonamides is 1. The molecule has 2 rings (SSSR count). The van der Waals surface area contributed by atoms with E-state index >= 15 is 0 Å². The number of hydrogen-bond donors (Lipinski definition) is 2. The smallest absolute Gasteiger partial charge is 0.268 e. The molecule has 124 valence electrons. The van der Waals surface area contributed by atoms with Crippen molar-refractivity contribution in [1.82, 2.24) is 14.2 Å².